The van der Waals surface area contributed by atoms with Crippen LogP contribution in [-0.4, -0.2) is 18.4 Å². The molecule has 1 aliphatic carbocycles. The minimum Gasteiger partial charge on any atom is -0.355 e. The zero-order valence-corrected chi connectivity index (χ0v) is 12.5. The molecule has 0 heterocycles. The predicted molar refractivity (Wildman–Crippen MR) is 79.2 cm³/mol. The van der Waals surface area contributed by atoms with Gasteiger partial charge in [-0.15, -0.1) is 0 Å². The van der Waals surface area contributed by atoms with Crippen molar-refractivity contribution in [1.29, 1.82) is 0 Å². The summed E-state index contributed by atoms with van der Waals surface area (Å²) in [5, 5.41) is 5.26. The highest BCUT2D eigenvalue weighted by molar-refractivity contribution is 6.13. The first-order chi connectivity index (χ1) is 10.5. The maximum absolute atomic E-state index is 13.1. The van der Waals surface area contributed by atoms with E-state index in [1.807, 2.05) is 0 Å². The fourth-order valence-electron chi connectivity index (χ4n) is 2.25. The van der Waals surface area contributed by atoms with Crippen molar-refractivity contribution in [3.63, 3.8) is 0 Å². The first-order valence-corrected chi connectivity index (χ1v) is 7.54. The van der Waals surface area contributed by atoms with Crippen LogP contribution in [0.25, 0.3) is 0 Å². The summed E-state index contributed by atoms with van der Waals surface area (Å²) in [6, 6.07) is 3.11. The maximum Gasteiger partial charge on any atom is 0.240 e. The third-order valence-corrected chi connectivity index (χ3v) is 3.86. The Morgan fingerprint density at radius 1 is 1.14 bits per heavy atom. The Balaban J connectivity index is 1.93. The van der Waals surface area contributed by atoms with E-state index in [0.29, 0.717) is 19.4 Å². The van der Waals surface area contributed by atoms with Gasteiger partial charge in [0.15, 0.2) is 11.6 Å². The van der Waals surface area contributed by atoms with E-state index in [0.717, 1.165) is 31.4 Å². The molecule has 1 saturated carbocycles. The van der Waals surface area contributed by atoms with Crippen LogP contribution >= 0.6 is 0 Å². The van der Waals surface area contributed by atoms with E-state index in [-0.39, 0.29) is 11.6 Å². The molecule has 0 radical (unpaired) electrons. The zero-order valence-electron chi connectivity index (χ0n) is 12.5. The second-order valence-corrected chi connectivity index (χ2v) is 5.63. The molecule has 1 aromatic rings. The van der Waals surface area contributed by atoms with Gasteiger partial charge in [-0.2, -0.15) is 0 Å². The number of hydrogen-bond donors (Lipinski definition) is 2. The Morgan fingerprint density at radius 2 is 1.86 bits per heavy atom. The smallest absolute Gasteiger partial charge is 0.240 e. The lowest BCUT2D eigenvalue weighted by Crippen LogP contribution is -2.40. The number of amides is 2. The molecule has 2 rings (SSSR count). The van der Waals surface area contributed by atoms with Crippen LogP contribution in [0.3, 0.4) is 0 Å². The summed E-state index contributed by atoms with van der Waals surface area (Å²) in [6.45, 7) is 2.62. The standard InChI is InChI=1S/C16H20F2N2O2/c1-2-3-4-9-19-14(21)16(7-8-16)15(22)20-11-5-6-12(17)13(18)10-11/h5-6,10H,2-4,7-9H2,1H3,(H,19,21)(H,20,22). The number of benzene rings is 1. The fourth-order valence-corrected chi connectivity index (χ4v) is 2.25. The van der Waals surface area contributed by atoms with Gasteiger partial charge < -0.3 is 10.6 Å². The summed E-state index contributed by atoms with van der Waals surface area (Å²) in [7, 11) is 0. The second kappa shape index (κ2) is 6.85. The van der Waals surface area contributed by atoms with Crippen LogP contribution in [0, 0.1) is 17.0 Å². The molecule has 120 valence electrons. The molecule has 0 unspecified atom stereocenters. The SMILES string of the molecule is CCCCCNC(=O)C1(C(=O)Nc2ccc(F)c(F)c2)CC1. The lowest BCUT2D eigenvalue weighted by atomic mass is 10.0. The van der Waals surface area contributed by atoms with Crippen molar-refractivity contribution < 1.29 is 18.4 Å². The molecule has 0 bridgehead atoms. The number of anilines is 1. The minimum absolute atomic E-state index is 0.147. The molecule has 4 nitrogen and oxygen atoms in total. The zero-order chi connectivity index (χ0) is 16.2. The van der Waals surface area contributed by atoms with Gasteiger partial charge in [0.25, 0.3) is 0 Å². The number of nitrogens with one attached hydrogen (secondary N) is 2. The summed E-state index contributed by atoms with van der Waals surface area (Å²) in [5.74, 6) is -2.77. The second-order valence-electron chi connectivity index (χ2n) is 5.63. The number of hydrogen-bond acceptors (Lipinski definition) is 2. The van der Waals surface area contributed by atoms with Crippen molar-refractivity contribution in [1.82, 2.24) is 5.32 Å². The maximum atomic E-state index is 13.1. The predicted octanol–water partition coefficient (Wildman–Crippen LogP) is 2.99. The molecular formula is C16H20F2N2O2. The van der Waals surface area contributed by atoms with Gasteiger partial charge in [0.1, 0.15) is 5.41 Å². The topological polar surface area (TPSA) is 58.2 Å². The van der Waals surface area contributed by atoms with Crippen molar-refractivity contribution in [2.45, 2.75) is 39.0 Å². The van der Waals surface area contributed by atoms with E-state index < -0.39 is 23.0 Å². The summed E-state index contributed by atoms with van der Waals surface area (Å²) in [4.78, 5) is 24.4. The average molecular weight is 310 g/mol. The summed E-state index contributed by atoms with van der Waals surface area (Å²) in [6.07, 6.45) is 3.90. The van der Waals surface area contributed by atoms with Crippen LogP contribution in [-0.2, 0) is 9.59 Å². The van der Waals surface area contributed by atoms with E-state index in [1.54, 1.807) is 0 Å². The number of carbonyl (C=O) groups is 2. The Labute approximate surface area is 128 Å². The lowest BCUT2D eigenvalue weighted by Gasteiger charge is -2.15. The van der Waals surface area contributed by atoms with Crippen molar-refractivity contribution in [3.8, 4) is 0 Å². The number of rotatable bonds is 7. The van der Waals surface area contributed by atoms with Crippen molar-refractivity contribution >= 4 is 17.5 Å². The van der Waals surface area contributed by atoms with Crippen LogP contribution in [0.5, 0.6) is 0 Å². The normalized spacial score (nSPS) is 15.2. The van der Waals surface area contributed by atoms with E-state index in [4.69, 9.17) is 0 Å². The third-order valence-electron chi connectivity index (χ3n) is 3.86. The molecule has 2 N–H and O–H groups in total. The van der Waals surface area contributed by atoms with E-state index in [1.165, 1.54) is 6.07 Å². The van der Waals surface area contributed by atoms with Crippen molar-refractivity contribution in [3.05, 3.63) is 29.8 Å². The van der Waals surface area contributed by atoms with E-state index in [2.05, 4.69) is 17.6 Å². The molecule has 1 fully saturated rings. The average Bonchev–Trinajstić information content (AvgIpc) is 3.29. The molecule has 6 heteroatoms. The number of unbranched alkanes of at least 4 members (excludes halogenated alkanes) is 2. The Kier molecular flexibility index (Phi) is 5.11. The van der Waals surface area contributed by atoms with Crippen LogP contribution < -0.4 is 10.6 Å². The highest BCUT2D eigenvalue weighted by Crippen LogP contribution is 2.46. The molecule has 0 spiro atoms. The van der Waals surface area contributed by atoms with Gasteiger partial charge >= 0.3 is 0 Å². The molecule has 22 heavy (non-hydrogen) atoms. The minimum atomic E-state index is -1.06. The van der Waals surface area contributed by atoms with Gasteiger partial charge in [0.05, 0.1) is 0 Å². The van der Waals surface area contributed by atoms with E-state index in [9.17, 15) is 18.4 Å². The van der Waals surface area contributed by atoms with Gasteiger partial charge in [-0.1, -0.05) is 19.8 Å². The molecule has 1 aromatic carbocycles. The highest BCUT2D eigenvalue weighted by atomic mass is 19.2. The van der Waals surface area contributed by atoms with Crippen LogP contribution in [0.4, 0.5) is 14.5 Å². The third kappa shape index (κ3) is 3.61. The number of carbonyl (C=O) groups excluding carboxylic acids is 2. The molecule has 0 saturated heterocycles. The molecule has 1 aliphatic rings. The van der Waals surface area contributed by atoms with Gasteiger partial charge in [0, 0.05) is 18.3 Å². The van der Waals surface area contributed by atoms with Crippen LogP contribution in [0.1, 0.15) is 39.0 Å². The first-order valence-electron chi connectivity index (χ1n) is 7.54. The Hall–Kier alpha value is -1.98. The largest absolute Gasteiger partial charge is 0.355 e. The molecule has 0 aromatic heterocycles. The lowest BCUT2D eigenvalue weighted by molar-refractivity contribution is -0.134. The fraction of sp³-hybridized carbons (Fsp3) is 0.500. The van der Waals surface area contributed by atoms with Crippen molar-refractivity contribution in [2.75, 3.05) is 11.9 Å². The number of halogens is 2. The van der Waals surface area contributed by atoms with Gasteiger partial charge in [-0.3, -0.25) is 9.59 Å². The van der Waals surface area contributed by atoms with Crippen molar-refractivity contribution in [2.24, 2.45) is 5.41 Å². The molecule has 0 aliphatic heterocycles. The van der Waals surface area contributed by atoms with Crippen LogP contribution in [0.2, 0.25) is 0 Å². The highest BCUT2D eigenvalue weighted by Gasteiger charge is 2.56. The summed E-state index contributed by atoms with van der Waals surface area (Å²) >= 11 is 0. The van der Waals surface area contributed by atoms with E-state index >= 15 is 0 Å². The summed E-state index contributed by atoms with van der Waals surface area (Å²) in [5.41, 5.74) is -0.911. The Morgan fingerprint density at radius 3 is 2.45 bits per heavy atom. The van der Waals surface area contributed by atoms with Crippen LogP contribution in [0.15, 0.2) is 18.2 Å². The van der Waals surface area contributed by atoms with Gasteiger partial charge in [-0.25, -0.2) is 8.78 Å². The molecule has 2 amide bonds. The first kappa shape index (κ1) is 16.4. The monoisotopic (exact) mass is 310 g/mol. The van der Waals surface area contributed by atoms with Gasteiger partial charge in [-0.05, 0) is 31.4 Å². The molecular weight excluding hydrogens is 290 g/mol. The molecule has 0 atom stereocenters. The Bertz CT molecular complexity index is 571. The quantitative estimate of drug-likeness (QED) is 0.601. The summed E-state index contributed by atoms with van der Waals surface area (Å²) < 4.78 is 26.0. The van der Waals surface area contributed by atoms with Gasteiger partial charge in [0.2, 0.25) is 11.8 Å².